The van der Waals surface area contributed by atoms with Gasteiger partial charge in [0.05, 0.1) is 12.2 Å². The molecule has 19 heavy (non-hydrogen) atoms. The Morgan fingerprint density at radius 2 is 1.79 bits per heavy atom. The maximum Gasteiger partial charge on any atom is 0.125 e. The van der Waals surface area contributed by atoms with E-state index in [2.05, 4.69) is 4.98 Å². The number of aliphatic hydroxyl groups is 1. The van der Waals surface area contributed by atoms with Gasteiger partial charge < -0.3 is 9.84 Å². The molecule has 100 valence electrons. The summed E-state index contributed by atoms with van der Waals surface area (Å²) in [5.74, 6) is 0.749. The van der Waals surface area contributed by atoms with Gasteiger partial charge in [0, 0.05) is 24.4 Å². The van der Waals surface area contributed by atoms with Crippen LogP contribution in [0.1, 0.15) is 31.1 Å². The summed E-state index contributed by atoms with van der Waals surface area (Å²) in [6.45, 7) is 3.96. The molecule has 0 amide bonds. The summed E-state index contributed by atoms with van der Waals surface area (Å²) < 4.78 is 5.73. The Morgan fingerprint density at radius 1 is 1.11 bits per heavy atom. The Kier molecular flexibility index (Phi) is 4.53. The van der Waals surface area contributed by atoms with Gasteiger partial charge in [-0.3, -0.25) is 4.98 Å². The Hall–Kier alpha value is -1.87. The minimum Gasteiger partial charge on any atom is -0.491 e. The summed E-state index contributed by atoms with van der Waals surface area (Å²) in [6.07, 6.45) is 3.55. The highest BCUT2D eigenvalue weighted by Gasteiger charge is 2.14. The van der Waals surface area contributed by atoms with Crippen molar-refractivity contribution < 1.29 is 9.84 Å². The second-order valence-electron chi connectivity index (χ2n) is 4.78. The molecule has 1 aromatic heterocycles. The predicted molar refractivity (Wildman–Crippen MR) is 75.1 cm³/mol. The van der Waals surface area contributed by atoms with Gasteiger partial charge in [0.2, 0.25) is 0 Å². The van der Waals surface area contributed by atoms with Crippen LogP contribution in [0.2, 0.25) is 0 Å². The fraction of sp³-hybridized carbons (Fsp3) is 0.312. The average molecular weight is 257 g/mol. The molecule has 3 heteroatoms. The molecule has 1 heterocycles. The lowest BCUT2D eigenvalue weighted by molar-refractivity contribution is 0.166. The molecule has 1 aromatic carbocycles. The van der Waals surface area contributed by atoms with Crippen molar-refractivity contribution in [3.8, 4) is 5.75 Å². The number of hydrogen-bond acceptors (Lipinski definition) is 3. The number of para-hydroxylation sites is 1. The van der Waals surface area contributed by atoms with Crippen LogP contribution >= 0.6 is 0 Å². The molecule has 0 radical (unpaired) electrons. The van der Waals surface area contributed by atoms with Gasteiger partial charge in [-0.1, -0.05) is 18.2 Å². The number of ether oxygens (including phenoxy) is 1. The molecular weight excluding hydrogens is 238 g/mol. The molecule has 2 rings (SSSR count). The third-order valence-electron chi connectivity index (χ3n) is 2.82. The predicted octanol–water partition coefficient (Wildman–Crippen LogP) is 3.14. The fourth-order valence-corrected chi connectivity index (χ4v) is 1.97. The van der Waals surface area contributed by atoms with E-state index in [1.807, 2.05) is 50.2 Å². The van der Waals surface area contributed by atoms with E-state index in [1.165, 1.54) is 0 Å². The van der Waals surface area contributed by atoms with E-state index >= 15 is 0 Å². The second kappa shape index (κ2) is 6.34. The number of aromatic nitrogens is 1. The molecule has 0 spiro atoms. The number of nitrogens with zero attached hydrogens (tertiary/aromatic N) is 1. The Balaban J connectivity index is 2.16. The van der Waals surface area contributed by atoms with Gasteiger partial charge in [0.1, 0.15) is 5.75 Å². The summed E-state index contributed by atoms with van der Waals surface area (Å²) in [6, 6.07) is 11.5. The molecule has 0 aliphatic heterocycles. The molecule has 0 saturated carbocycles. The summed E-state index contributed by atoms with van der Waals surface area (Å²) in [5.41, 5.74) is 1.88. The monoisotopic (exact) mass is 257 g/mol. The number of benzene rings is 1. The molecule has 1 atom stereocenters. The molecule has 1 unspecified atom stereocenters. The van der Waals surface area contributed by atoms with Crippen LogP contribution in [0.3, 0.4) is 0 Å². The van der Waals surface area contributed by atoms with E-state index in [9.17, 15) is 5.11 Å². The van der Waals surface area contributed by atoms with E-state index < -0.39 is 6.10 Å². The maximum atomic E-state index is 10.4. The molecule has 1 N–H and O–H groups in total. The van der Waals surface area contributed by atoms with E-state index in [-0.39, 0.29) is 6.10 Å². The zero-order valence-corrected chi connectivity index (χ0v) is 11.3. The number of rotatable bonds is 5. The van der Waals surface area contributed by atoms with Crippen LogP contribution in [0.5, 0.6) is 5.75 Å². The van der Waals surface area contributed by atoms with E-state index in [0.717, 1.165) is 16.9 Å². The lowest BCUT2D eigenvalue weighted by Gasteiger charge is -2.18. The highest BCUT2D eigenvalue weighted by Crippen LogP contribution is 2.28. The Bertz CT molecular complexity index is 511. The first-order valence-corrected chi connectivity index (χ1v) is 6.49. The van der Waals surface area contributed by atoms with Crippen LogP contribution in [0.15, 0.2) is 48.8 Å². The molecule has 2 aromatic rings. The van der Waals surface area contributed by atoms with Crippen molar-refractivity contribution in [3.63, 3.8) is 0 Å². The summed E-state index contributed by atoms with van der Waals surface area (Å²) >= 11 is 0. The quantitative estimate of drug-likeness (QED) is 0.894. The Morgan fingerprint density at radius 3 is 2.47 bits per heavy atom. The van der Waals surface area contributed by atoms with Crippen LogP contribution in [-0.4, -0.2) is 16.2 Å². The fourth-order valence-electron chi connectivity index (χ4n) is 1.97. The average Bonchev–Trinajstić information content (AvgIpc) is 2.39. The summed E-state index contributed by atoms with van der Waals surface area (Å²) in [7, 11) is 0. The number of aliphatic hydroxyl groups excluding tert-OH is 1. The maximum absolute atomic E-state index is 10.4. The van der Waals surface area contributed by atoms with Crippen LogP contribution in [0, 0.1) is 0 Å². The van der Waals surface area contributed by atoms with E-state index in [4.69, 9.17) is 4.74 Å². The lowest BCUT2D eigenvalue weighted by atomic mass is 10.0. The Labute approximate surface area is 113 Å². The lowest BCUT2D eigenvalue weighted by Crippen LogP contribution is -2.10. The van der Waals surface area contributed by atoms with Crippen LogP contribution in [-0.2, 0) is 6.42 Å². The topological polar surface area (TPSA) is 42.4 Å². The zero-order chi connectivity index (χ0) is 13.7. The molecule has 0 bridgehead atoms. The van der Waals surface area contributed by atoms with Gasteiger partial charge in [-0.05, 0) is 37.6 Å². The number of pyridine rings is 1. The molecule has 0 saturated heterocycles. The minimum atomic E-state index is -0.572. The van der Waals surface area contributed by atoms with Crippen molar-refractivity contribution in [2.75, 3.05) is 0 Å². The number of hydrogen-bond donors (Lipinski definition) is 1. The van der Waals surface area contributed by atoms with E-state index in [0.29, 0.717) is 6.42 Å². The highest BCUT2D eigenvalue weighted by atomic mass is 16.5. The molecule has 3 nitrogen and oxygen atoms in total. The van der Waals surface area contributed by atoms with Crippen molar-refractivity contribution in [2.24, 2.45) is 0 Å². The third kappa shape index (κ3) is 3.80. The van der Waals surface area contributed by atoms with Crippen LogP contribution < -0.4 is 4.74 Å². The zero-order valence-electron chi connectivity index (χ0n) is 11.3. The third-order valence-corrected chi connectivity index (χ3v) is 2.82. The van der Waals surface area contributed by atoms with E-state index in [1.54, 1.807) is 12.4 Å². The van der Waals surface area contributed by atoms with Gasteiger partial charge in [-0.25, -0.2) is 0 Å². The van der Waals surface area contributed by atoms with Gasteiger partial charge in [-0.15, -0.1) is 0 Å². The van der Waals surface area contributed by atoms with Gasteiger partial charge >= 0.3 is 0 Å². The molecule has 0 aliphatic rings. The van der Waals surface area contributed by atoms with Crippen molar-refractivity contribution >= 4 is 0 Å². The SMILES string of the molecule is CC(C)Oc1ccccc1C(O)Cc1ccncc1. The molecule has 0 fully saturated rings. The van der Waals surface area contributed by atoms with Crippen molar-refractivity contribution in [1.29, 1.82) is 0 Å². The molecule has 0 aliphatic carbocycles. The first kappa shape index (κ1) is 13.6. The normalized spacial score (nSPS) is 12.4. The van der Waals surface area contributed by atoms with Gasteiger partial charge in [0.25, 0.3) is 0 Å². The van der Waals surface area contributed by atoms with Gasteiger partial charge in [0.15, 0.2) is 0 Å². The summed E-state index contributed by atoms with van der Waals surface area (Å²) in [5, 5.41) is 10.4. The second-order valence-corrected chi connectivity index (χ2v) is 4.78. The first-order chi connectivity index (χ1) is 9.16. The summed E-state index contributed by atoms with van der Waals surface area (Å²) in [4.78, 5) is 3.98. The van der Waals surface area contributed by atoms with Crippen molar-refractivity contribution in [2.45, 2.75) is 32.5 Å². The minimum absolute atomic E-state index is 0.0919. The van der Waals surface area contributed by atoms with Crippen molar-refractivity contribution in [3.05, 3.63) is 59.9 Å². The molecular formula is C16H19NO2. The largest absolute Gasteiger partial charge is 0.491 e. The standard InChI is InChI=1S/C16H19NO2/c1-12(2)19-16-6-4-3-5-14(16)15(18)11-13-7-9-17-10-8-13/h3-10,12,15,18H,11H2,1-2H3. The van der Waals surface area contributed by atoms with Crippen LogP contribution in [0.4, 0.5) is 0 Å². The first-order valence-electron chi connectivity index (χ1n) is 6.49. The highest BCUT2D eigenvalue weighted by molar-refractivity contribution is 5.36. The smallest absolute Gasteiger partial charge is 0.125 e. The van der Waals surface area contributed by atoms with Crippen molar-refractivity contribution in [1.82, 2.24) is 4.98 Å². The van der Waals surface area contributed by atoms with Crippen LogP contribution in [0.25, 0.3) is 0 Å². The van der Waals surface area contributed by atoms with Gasteiger partial charge in [-0.2, -0.15) is 0 Å².